The molecule has 0 aliphatic carbocycles. The quantitative estimate of drug-likeness (QED) is 0.864. The van der Waals surface area contributed by atoms with Gasteiger partial charge in [-0.1, -0.05) is 12.1 Å². The van der Waals surface area contributed by atoms with Gasteiger partial charge in [-0.2, -0.15) is 0 Å². The third-order valence-corrected chi connectivity index (χ3v) is 3.03. The molecule has 6 nitrogen and oxygen atoms in total. The minimum Gasteiger partial charge on any atom is -0.481 e. The summed E-state index contributed by atoms with van der Waals surface area (Å²) in [5.41, 5.74) is -0.0764. The first-order chi connectivity index (χ1) is 9.64. The number of rotatable bonds is 5. The average molecular weight is 292 g/mol. The van der Waals surface area contributed by atoms with Gasteiger partial charge in [0.2, 0.25) is 5.91 Å². The van der Waals surface area contributed by atoms with Crippen molar-refractivity contribution in [3.63, 3.8) is 0 Å². The number of amides is 2. The van der Waals surface area contributed by atoms with E-state index in [2.05, 4.69) is 5.32 Å². The molecule has 2 amide bonds. The van der Waals surface area contributed by atoms with Gasteiger partial charge in [-0.25, -0.2) is 0 Å². The summed E-state index contributed by atoms with van der Waals surface area (Å²) in [5, 5.41) is 11.5. The molecule has 0 aliphatic heterocycles. The molecule has 0 unspecified atom stereocenters. The van der Waals surface area contributed by atoms with Gasteiger partial charge in [0, 0.05) is 19.5 Å². The zero-order chi connectivity index (χ0) is 16.2. The molecular formula is C15H20N2O4. The molecule has 0 aromatic heterocycles. The van der Waals surface area contributed by atoms with Crippen molar-refractivity contribution in [2.45, 2.75) is 32.7 Å². The Hall–Kier alpha value is -2.37. The van der Waals surface area contributed by atoms with Gasteiger partial charge >= 0.3 is 5.97 Å². The van der Waals surface area contributed by atoms with Crippen LogP contribution in [-0.4, -0.2) is 35.5 Å². The highest BCUT2D eigenvalue weighted by molar-refractivity contribution is 6.04. The fourth-order valence-electron chi connectivity index (χ4n) is 1.92. The topological polar surface area (TPSA) is 86.7 Å². The van der Waals surface area contributed by atoms with Crippen LogP contribution in [-0.2, 0) is 9.59 Å². The maximum Gasteiger partial charge on any atom is 0.305 e. The van der Waals surface area contributed by atoms with Crippen LogP contribution in [0.3, 0.4) is 0 Å². The van der Waals surface area contributed by atoms with Crippen molar-refractivity contribution >= 4 is 23.5 Å². The van der Waals surface area contributed by atoms with Crippen molar-refractivity contribution < 1.29 is 19.5 Å². The molecular weight excluding hydrogens is 272 g/mol. The van der Waals surface area contributed by atoms with Crippen LogP contribution in [0.4, 0.5) is 5.69 Å². The van der Waals surface area contributed by atoms with Gasteiger partial charge in [0.1, 0.15) is 0 Å². The Morgan fingerprint density at radius 3 is 2.33 bits per heavy atom. The summed E-state index contributed by atoms with van der Waals surface area (Å²) < 4.78 is 0. The van der Waals surface area contributed by atoms with E-state index in [1.54, 1.807) is 45.2 Å². The Labute approximate surface area is 123 Å². The molecule has 0 saturated heterocycles. The van der Waals surface area contributed by atoms with E-state index in [0.717, 1.165) is 0 Å². The lowest BCUT2D eigenvalue weighted by molar-refractivity contribution is -0.138. The standard InChI is InChI=1S/C15H20N2O4/c1-10(18)17(4)12-8-6-5-7-11(12)14(21)16-15(2,3)9-13(19)20/h5-8H,9H2,1-4H3,(H,16,21)(H,19,20). The first kappa shape index (κ1) is 16.7. The predicted molar refractivity (Wildman–Crippen MR) is 79.3 cm³/mol. The molecule has 0 atom stereocenters. The minimum atomic E-state index is -0.991. The Bertz CT molecular complexity index is 567. The second-order valence-corrected chi connectivity index (χ2v) is 5.50. The summed E-state index contributed by atoms with van der Waals surface area (Å²) in [5.74, 6) is -1.60. The molecule has 2 N–H and O–H groups in total. The highest BCUT2D eigenvalue weighted by atomic mass is 16.4. The van der Waals surface area contributed by atoms with Crippen LogP contribution in [0.2, 0.25) is 0 Å². The monoisotopic (exact) mass is 292 g/mol. The fraction of sp³-hybridized carbons (Fsp3) is 0.400. The number of benzene rings is 1. The highest BCUT2D eigenvalue weighted by Gasteiger charge is 2.26. The van der Waals surface area contributed by atoms with Gasteiger partial charge in [0.15, 0.2) is 0 Å². The third-order valence-electron chi connectivity index (χ3n) is 3.03. The van der Waals surface area contributed by atoms with Crippen LogP contribution < -0.4 is 10.2 Å². The number of hydrogen-bond acceptors (Lipinski definition) is 3. The van der Waals surface area contributed by atoms with Crippen LogP contribution in [0, 0.1) is 0 Å². The lowest BCUT2D eigenvalue weighted by atomic mass is 9.99. The number of carbonyl (C=O) groups is 3. The van der Waals surface area contributed by atoms with Crippen molar-refractivity contribution in [1.29, 1.82) is 0 Å². The lowest BCUT2D eigenvalue weighted by Crippen LogP contribution is -2.45. The molecule has 0 fully saturated rings. The van der Waals surface area contributed by atoms with Crippen LogP contribution in [0.15, 0.2) is 24.3 Å². The molecule has 114 valence electrons. The predicted octanol–water partition coefficient (Wildman–Crippen LogP) is 1.65. The smallest absolute Gasteiger partial charge is 0.305 e. The van der Waals surface area contributed by atoms with Crippen molar-refractivity contribution in [2.75, 3.05) is 11.9 Å². The minimum absolute atomic E-state index is 0.191. The number of carboxylic acids is 1. The second kappa shape index (κ2) is 6.39. The van der Waals surface area contributed by atoms with Gasteiger partial charge in [0.25, 0.3) is 5.91 Å². The van der Waals surface area contributed by atoms with Crippen molar-refractivity contribution in [3.8, 4) is 0 Å². The molecule has 0 bridgehead atoms. The number of carboxylic acid groups (broad SMARTS) is 1. The molecule has 1 aromatic carbocycles. The van der Waals surface area contributed by atoms with E-state index in [4.69, 9.17) is 5.11 Å². The van der Waals surface area contributed by atoms with Crippen molar-refractivity contribution in [3.05, 3.63) is 29.8 Å². The average Bonchev–Trinajstić information content (AvgIpc) is 2.35. The van der Waals surface area contributed by atoms with Crippen LogP contribution in [0.25, 0.3) is 0 Å². The molecule has 0 saturated carbocycles. The SMILES string of the molecule is CC(=O)N(C)c1ccccc1C(=O)NC(C)(C)CC(=O)O. The summed E-state index contributed by atoms with van der Waals surface area (Å²) in [6, 6.07) is 6.69. The van der Waals surface area contributed by atoms with E-state index < -0.39 is 17.4 Å². The van der Waals surface area contributed by atoms with E-state index in [1.807, 2.05) is 0 Å². The zero-order valence-electron chi connectivity index (χ0n) is 12.6. The van der Waals surface area contributed by atoms with Crippen molar-refractivity contribution in [1.82, 2.24) is 5.32 Å². The van der Waals surface area contributed by atoms with Gasteiger partial charge < -0.3 is 15.3 Å². The van der Waals surface area contributed by atoms with E-state index >= 15 is 0 Å². The van der Waals surface area contributed by atoms with E-state index in [-0.39, 0.29) is 12.3 Å². The molecule has 0 radical (unpaired) electrons. The number of aliphatic carboxylic acids is 1. The van der Waals surface area contributed by atoms with E-state index in [9.17, 15) is 14.4 Å². The summed E-state index contributed by atoms with van der Waals surface area (Å²) >= 11 is 0. The first-order valence-corrected chi connectivity index (χ1v) is 6.51. The molecule has 0 aliphatic rings. The number of para-hydroxylation sites is 1. The maximum absolute atomic E-state index is 12.3. The van der Waals surface area contributed by atoms with Gasteiger partial charge in [0.05, 0.1) is 17.7 Å². The summed E-state index contributed by atoms with van der Waals surface area (Å²) in [7, 11) is 1.58. The second-order valence-electron chi connectivity index (χ2n) is 5.50. The number of carbonyl (C=O) groups excluding carboxylic acids is 2. The lowest BCUT2D eigenvalue weighted by Gasteiger charge is -2.26. The molecule has 1 rings (SSSR count). The van der Waals surface area contributed by atoms with Crippen LogP contribution in [0.1, 0.15) is 37.6 Å². The maximum atomic E-state index is 12.3. The van der Waals surface area contributed by atoms with Gasteiger partial charge in [-0.3, -0.25) is 14.4 Å². The van der Waals surface area contributed by atoms with Crippen LogP contribution in [0.5, 0.6) is 0 Å². The molecule has 0 heterocycles. The summed E-state index contributed by atoms with van der Waals surface area (Å²) in [6.45, 7) is 4.68. The normalized spacial score (nSPS) is 10.9. The summed E-state index contributed by atoms with van der Waals surface area (Å²) in [6.07, 6.45) is -0.191. The van der Waals surface area contributed by atoms with Gasteiger partial charge in [-0.05, 0) is 26.0 Å². The fourth-order valence-corrected chi connectivity index (χ4v) is 1.92. The molecule has 1 aromatic rings. The Balaban J connectivity index is 3.03. The molecule has 6 heteroatoms. The van der Waals surface area contributed by atoms with Crippen molar-refractivity contribution in [2.24, 2.45) is 0 Å². The number of nitrogens with zero attached hydrogens (tertiary/aromatic N) is 1. The first-order valence-electron chi connectivity index (χ1n) is 6.51. The summed E-state index contributed by atoms with van der Waals surface area (Å²) in [4.78, 5) is 36.0. The Kier molecular flexibility index (Phi) is 5.07. The third kappa shape index (κ3) is 4.59. The Morgan fingerprint density at radius 1 is 1.24 bits per heavy atom. The van der Waals surface area contributed by atoms with E-state index in [0.29, 0.717) is 11.3 Å². The molecule has 21 heavy (non-hydrogen) atoms. The highest BCUT2D eigenvalue weighted by Crippen LogP contribution is 2.20. The zero-order valence-corrected chi connectivity index (χ0v) is 12.6. The molecule has 0 spiro atoms. The Morgan fingerprint density at radius 2 is 1.81 bits per heavy atom. The number of nitrogens with one attached hydrogen (secondary N) is 1. The van der Waals surface area contributed by atoms with E-state index in [1.165, 1.54) is 11.8 Å². The van der Waals surface area contributed by atoms with Crippen LogP contribution >= 0.6 is 0 Å². The van der Waals surface area contributed by atoms with Gasteiger partial charge in [-0.15, -0.1) is 0 Å². The largest absolute Gasteiger partial charge is 0.481 e. The number of anilines is 1. The number of hydrogen-bond donors (Lipinski definition) is 2.